The summed E-state index contributed by atoms with van der Waals surface area (Å²) in [5, 5.41) is 0. The Bertz CT molecular complexity index is 115. The molecular weight excluding hydrogens is 148 g/mol. The van der Waals surface area contributed by atoms with E-state index >= 15 is 0 Å². The summed E-state index contributed by atoms with van der Waals surface area (Å²) in [4.78, 5) is 2.38. The minimum Gasteiger partial charge on any atom is -0.330 e. The second-order valence-corrected chi connectivity index (χ2v) is 4.90. The Morgan fingerprint density at radius 1 is 1.33 bits per heavy atom. The summed E-state index contributed by atoms with van der Waals surface area (Å²) in [5.41, 5.74) is 5.89. The summed E-state index contributed by atoms with van der Waals surface area (Å²) in [5.74, 6) is 0. The van der Waals surface area contributed by atoms with Gasteiger partial charge in [0.05, 0.1) is 0 Å². The highest BCUT2D eigenvalue weighted by Crippen LogP contribution is 2.16. The first-order valence-electron chi connectivity index (χ1n) is 4.77. The van der Waals surface area contributed by atoms with E-state index in [1.165, 1.54) is 0 Å². The van der Waals surface area contributed by atoms with E-state index in [2.05, 4.69) is 39.6 Å². The van der Waals surface area contributed by atoms with Crippen molar-refractivity contribution >= 4 is 0 Å². The lowest BCUT2D eigenvalue weighted by molar-refractivity contribution is 0.176. The Morgan fingerprint density at radius 2 is 1.83 bits per heavy atom. The van der Waals surface area contributed by atoms with Crippen LogP contribution >= 0.6 is 0 Å². The molecule has 2 heteroatoms. The third-order valence-electron chi connectivity index (χ3n) is 2.06. The van der Waals surface area contributed by atoms with Crippen LogP contribution in [0.1, 0.15) is 34.1 Å². The maximum absolute atomic E-state index is 5.50. The van der Waals surface area contributed by atoms with Gasteiger partial charge in [-0.05, 0) is 32.4 Å². The summed E-state index contributed by atoms with van der Waals surface area (Å²) in [7, 11) is 2.17. The average Bonchev–Trinajstić information content (AvgIpc) is 1.84. The van der Waals surface area contributed by atoms with E-state index in [0.29, 0.717) is 11.5 Å². The van der Waals surface area contributed by atoms with Gasteiger partial charge in [0.1, 0.15) is 0 Å². The van der Waals surface area contributed by atoms with Crippen molar-refractivity contribution in [2.24, 2.45) is 11.1 Å². The highest BCUT2D eigenvalue weighted by atomic mass is 15.1. The third kappa shape index (κ3) is 5.56. The Balaban J connectivity index is 3.78. The molecule has 74 valence electrons. The molecule has 2 nitrogen and oxygen atoms in total. The van der Waals surface area contributed by atoms with Gasteiger partial charge in [0, 0.05) is 12.6 Å². The lowest BCUT2D eigenvalue weighted by Crippen LogP contribution is -2.37. The number of rotatable bonds is 4. The maximum Gasteiger partial charge on any atom is 0.00761 e. The minimum atomic E-state index is 0.387. The third-order valence-corrected chi connectivity index (χ3v) is 2.06. The zero-order valence-electron chi connectivity index (χ0n) is 9.22. The minimum absolute atomic E-state index is 0.387. The van der Waals surface area contributed by atoms with Crippen molar-refractivity contribution in [1.82, 2.24) is 4.90 Å². The van der Waals surface area contributed by atoms with E-state index in [9.17, 15) is 0 Å². The van der Waals surface area contributed by atoms with Crippen LogP contribution < -0.4 is 5.73 Å². The van der Waals surface area contributed by atoms with Crippen LogP contribution in [0.4, 0.5) is 0 Å². The first-order chi connectivity index (χ1) is 5.37. The van der Waals surface area contributed by atoms with Crippen molar-refractivity contribution in [3.63, 3.8) is 0 Å². The molecule has 0 saturated carbocycles. The van der Waals surface area contributed by atoms with E-state index in [1.807, 2.05) is 0 Å². The smallest absolute Gasteiger partial charge is 0.00761 e. The van der Waals surface area contributed by atoms with Gasteiger partial charge < -0.3 is 10.6 Å². The fraction of sp³-hybridized carbons (Fsp3) is 1.00. The van der Waals surface area contributed by atoms with Gasteiger partial charge in [-0.2, -0.15) is 0 Å². The Kier molecular flexibility index (Phi) is 4.80. The Labute approximate surface area is 77.1 Å². The van der Waals surface area contributed by atoms with Crippen molar-refractivity contribution in [2.75, 3.05) is 20.1 Å². The first kappa shape index (κ1) is 11.9. The van der Waals surface area contributed by atoms with Crippen LogP contribution in [0.5, 0.6) is 0 Å². The van der Waals surface area contributed by atoms with Crippen molar-refractivity contribution in [2.45, 2.75) is 40.2 Å². The highest BCUT2D eigenvalue weighted by Gasteiger charge is 2.16. The predicted octanol–water partition coefficient (Wildman–Crippen LogP) is 1.70. The molecule has 0 amide bonds. The maximum atomic E-state index is 5.50. The van der Waals surface area contributed by atoms with E-state index < -0.39 is 0 Å². The molecule has 0 aliphatic heterocycles. The second kappa shape index (κ2) is 4.83. The second-order valence-electron chi connectivity index (χ2n) is 4.90. The summed E-state index contributed by atoms with van der Waals surface area (Å²) >= 11 is 0. The van der Waals surface area contributed by atoms with Gasteiger partial charge in [-0.25, -0.2) is 0 Å². The quantitative estimate of drug-likeness (QED) is 0.699. The molecule has 1 atom stereocenters. The van der Waals surface area contributed by atoms with Crippen molar-refractivity contribution in [3.05, 3.63) is 0 Å². The van der Waals surface area contributed by atoms with Crippen LogP contribution in [0.3, 0.4) is 0 Å². The van der Waals surface area contributed by atoms with E-state index in [1.54, 1.807) is 0 Å². The highest BCUT2D eigenvalue weighted by molar-refractivity contribution is 4.71. The van der Waals surface area contributed by atoms with Crippen molar-refractivity contribution in [1.29, 1.82) is 0 Å². The predicted molar refractivity (Wildman–Crippen MR) is 55.2 cm³/mol. The fourth-order valence-electron chi connectivity index (χ4n) is 1.37. The fourth-order valence-corrected chi connectivity index (χ4v) is 1.37. The molecule has 0 heterocycles. The largest absolute Gasteiger partial charge is 0.330 e. The number of hydrogen-bond donors (Lipinski definition) is 1. The zero-order chi connectivity index (χ0) is 9.78. The molecule has 0 fully saturated rings. The molecule has 0 spiro atoms. The summed E-state index contributed by atoms with van der Waals surface area (Å²) in [6.07, 6.45) is 1.09. The number of nitrogens with zero attached hydrogens (tertiary/aromatic N) is 1. The molecule has 12 heavy (non-hydrogen) atoms. The molecule has 0 bridgehead atoms. The van der Waals surface area contributed by atoms with Crippen LogP contribution in [0.15, 0.2) is 0 Å². The van der Waals surface area contributed by atoms with E-state index in [0.717, 1.165) is 19.5 Å². The van der Waals surface area contributed by atoms with Gasteiger partial charge in [0.25, 0.3) is 0 Å². The lowest BCUT2D eigenvalue weighted by Gasteiger charge is -2.31. The monoisotopic (exact) mass is 172 g/mol. The molecule has 0 rings (SSSR count). The molecule has 0 aromatic carbocycles. The molecule has 0 aromatic heterocycles. The zero-order valence-corrected chi connectivity index (χ0v) is 9.22. The molecule has 0 aromatic rings. The van der Waals surface area contributed by atoms with Gasteiger partial charge in [0.15, 0.2) is 0 Å². The van der Waals surface area contributed by atoms with Gasteiger partial charge in [0.2, 0.25) is 0 Å². The standard InChI is InChI=1S/C10H24N2/c1-9(6-7-11)12(5)8-10(2,3)4/h9H,6-8,11H2,1-5H3. The summed E-state index contributed by atoms with van der Waals surface area (Å²) in [6, 6.07) is 0.606. The van der Waals surface area contributed by atoms with Crippen LogP contribution in [0.25, 0.3) is 0 Å². The van der Waals surface area contributed by atoms with Crippen LogP contribution in [-0.2, 0) is 0 Å². The van der Waals surface area contributed by atoms with Gasteiger partial charge >= 0.3 is 0 Å². The van der Waals surface area contributed by atoms with E-state index in [-0.39, 0.29) is 0 Å². The van der Waals surface area contributed by atoms with Gasteiger partial charge in [-0.3, -0.25) is 0 Å². The summed E-state index contributed by atoms with van der Waals surface area (Å²) in [6.45, 7) is 10.9. The Morgan fingerprint density at radius 3 is 2.17 bits per heavy atom. The topological polar surface area (TPSA) is 29.3 Å². The lowest BCUT2D eigenvalue weighted by atomic mass is 9.95. The van der Waals surface area contributed by atoms with Crippen molar-refractivity contribution < 1.29 is 0 Å². The number of nitrogens with two attached hydrogens (primary N) is 1. The molecule has 1 unspecified atom stereocenters. The first-order valence-corrected chi connectivity index (χ1v) is 4.77. The Hall–Kier alpha value is -0.0800. The molecule has 0 aliphatic carbocycles. The van der Waals surface area contributed by atoms with Gasteiger partial charge in [-0.15, -0.1) is 0 Å². The van der Waals surface area contributed by atoms with Crippen molar-refractivity contribution in [3.8, 4) is 0 Å². The normalized spacial score (nSPS) is 15.2. The molecule has 0 radical (unpaired) electrons. The average molecular weight is 172 g/mol. The van der Waals surface area contributed by atoms with E-state index in [4.69, 9.17) is 5.73 Å². The van der Waals surface area contributed by atoms with Crippen LogP contribution in [-0.4, -0.2) is 31.1 Å². The molecular formula is C10H24N2. The molecule has 0 saturated heterocycles. The summed E-state index contributed by atoms with van der Waals surface area (Å²) < 4.78 is 0. The molecule has 0 aliphatic rings. The van der Waals surface area contributed by atoms with Gasteiger partial charge in [-0.1, -0.05) is 20.8 Å². The number of hydrogen-bond acceptors (Lipinski definition) is 2. The molecule has 2 N–H and O–H groups in total. The SMILES string of the molecule is CC(CCN)N(C)CC(C)(C)C. The van der Waals surface area contributed by atoms with Crippen LogP contribution in [0.2, 0.25) is 0 Å². The van der Waals surface area contributed by atoms with Crippen LogP contribution in [0, 0.1) is 5.41 Å².